The van der Waals surface area contributed by atoms with Crippen LogP contribution in [-0.2, 0) is 6.54 Å². The predicted molar refractivity (Wildman–Crippen MR) is 78.8 cm³/mol. The highest BCUT2D eigenvalue weighted by Gasteiger charge is 2.18. The van der Waals surface area contributed by atoms with Gasteiger partial charge in [-0.2, -0.15) is 0 Å². The highest BCUT2D eigenvalue weighted by molar-refractivity contribution is 5.50. The molecule has 2 rings (SSSR count). The van der Waals surface area contributed by atoms with Gasteiger partial charge in [0.2, 0.25) is 0 Å². The van der Waals surface area contributed by atoms with Gasteiger partial charge in [-0.3, -0.25) is 15.1 Å². The third kappa shape index (κ3) is 3.16. The third-order valence-corrected chi connectivity index (χ3v) is 3.33. The zero-order valence-electron chi connectivity index (χ0n) is 12.1. The van der Waals surface area contributed by atoms with Crippen LogP contribution < -0.4 is 5.32 Å². The maximum Gasteiger partial charge on any atom is 0.278 e. The van der Waals surface area contributed by atoms with Gasteiger partial charge in [0, 0.05) is 11.8 Å². The van der Waals surface area contributed by atoms with Crippen molar-refractivity contribution >= 4 is 11.4 Å². The van der Waals surface area contributed by atoms with Crippen molar-refractivity contribution in [2.24, 2.45) is 0 Å². The predicted octanol–water partition coefficient (Wildman–Crippen LogP) is 3.67. The number of hydrogen-bond acceptors (Lipinski definition) is 4. The smallest absolute Gasteiger partial charge is 0.278 e. The first-order valence-corrected chi connectivity index (χ1v) is 6.49. The number of nitro groups is 1. The number of rotatable bonds is 4. The van der Waals surface area contributed by atoms with Crippen molar-refractivity contribution in [1.29, 1.82) is 0 Å². The van der Waals surface area contributed by atoms with Crippen molar-refractivity contribution in [2.45, 2.75) is 27.3 Å². The first-order valence-electron chi connectivity index (χ1n) is 6.49. The van der Waals surface area contributed by atoms with Crippen molar-refractivity contribution in [1.82, 2.24) is 4.98 Å². The number of halogens is 1. The van der Waals surface area contributed by atoms with E-state index in [1.165, 1.54) is 12.3 Å². The second-order valence-electron chi connectivity index (χ2n) is 4.96. The summed E-state index contributed by atoms with van der Waals surface area (Å²) in [5.74, 6) is -0.353. The van der Waals surface area contributed by atoms with Crippen LogP contribution in [0.5, 0.6) is 0 Å². The summed E-state index contributed by atoms with van der Waals surface area (Å²) in [6.45, 7) is 5.34. The minimum Gasteiger partial charge on any atom is -0.377 e. The van der Waals surface area contributed by atoms with Crippen molar-refractivity contribution in [3.05, 3.63) is 62.7 Å². The highest BCUT2D eigenvalue weighted by Crippen LogP contribution is 2.25. The lowest BCUT2D eigenvalue weighted by Crippen LogP contribution is -2.08. The maximum absolute atomic E-state index is 13.7. The molecule has 1 N–H and O–H groups in total. The van der Waals surface area contributed by atoms with Crippen LogP contribution in [0.25, 0.3) is 0 Å². The monoisotopic (exact) mass is 289 g/mol. The molecule has 110 valence electrons. The largest absolute Gasteiger partial charge is 0.377 e. The average molecular weight is 289 g/mol. The molecule has 0 unspecified atom stereocenters. The van der Waals surface area contributed by atoms with E-state index < -0.39 is 4.92 Å². The molecule has 0 bridgehead atoms. The molecule has 0 saturated heterocycles. The molecule has 1 aromatic carbocycles. The van der Waals surface area contributed by atoms with Crippen LogP contribution in [0.1, 0.15) is 22.4 Å². The van der Waals surface area contributed by atoms with E-state index in [0.29, 0.717) is 22.5 Å². The molecule has 5 nitrogen and oxygen atoms in total. The summed E-state index contributed by atoms with van der Waals surface area (Å²) in [5, 5.41) is 14.0. The summed E-state index contributed by atoms with van der Waals surface area (Å²) in [5.41, 5.74) is 2.80. The number of benzene rings is 1. The molecule has 2 aromatic rings. The van der Waals surface area contributed by atoms with Crippen molar-refractivity contribution in [3.63, 3.8) is 0 Å². The fourth-order valence-corrected chi connectivity index (χ4v) is 2.17. The zero-order chi connectivity index (χ0) is 15.6. The Balaban J connectivity index is 2.24. The van der Waals surface area contributed by atoms with Crippen LogP contribution in [0.4, 0.5) is 15.8 Å². The summed E-state index contributed by atoms with van der Waals surface area (Å²) in [4.78, 5) is 14.8. The van der Waals surface area contributed by atoms with Crippen LogP contribution in [0.3, 0.4) is 0 Å². The summed E-state index contributed by atoms with van der Waals surface area (Å²) < 4.78 is 13.7. The van der Waals surface area contributed by atoms with Gasteiger partial charge in [-0.1, -0.05) is 6.07 Å². The number of aromatic nitrogens is 1. The Labute approximate surface area is 122 Å². The number of hydrogen-bond donors (Lipinski definition) is 1. The zero-order valence-corrected chi connectivity index (χ0v) is 12.1. The fraction of sp³-hybridized carbons (Fsp3) is 0.267. The molecular formula is C15H16FN3O2. The molecule has 6 heteroatoms. The number of aryl methyl sites for hydroxylation is 2. The Morgan fingerprint density at radius 2 is 2.05 bits per heavy atom. The van der Waals surface area contributed by atoms with Gasteiger partial charge in [0.1, 0.15) is 5.82 Å². The van der Waals surface area contributed by atoms with Gasteiger partial charge in [-0.25, -0.2) is 4.39 Å². The van der Waals surface area contributed by atoms with Gasteiger partial charge in [-0.15, -0.1) is 0 Å². The Kier molecular flexibility index (Phi) is 4.16. The van der Waals surface area contributed by atoms with Gasteiger partial charge in [0.25, 0.3) is 5.69 Å². The Morgan fingerprint density at radius 3 is 2.67 bits per heavy atom. The number of nitrogens with zero attached hydrogens (tertiary/aromatic N) is 2. The number of pyridine rings is 1. The van der Waals surface area contributed by atoms with Gasteiger partial charge in [0.15, 0.2) is 0 Å². The molecular weight excluding hydrogens is 273 g/mol. The maximum atomic E-state index is 13.7. The lowest BCUT2D eigenvalue weighted by molar-refractivity contribution is -0.386. The molecule has 0 aliphatic carbocycles. The van der Waals surface area contributed by atoms with E-state index in [9.17, 15) is 14.5 Å². The molecule has 0 atom stereocenters. The Bertz CT molecular complexity index is 702. The van der Waals surface area contributed by atoms with Crippen LogP contribution in [-0.4, -0.2) is 9.91 Å². The molecule has 0 radical (unpaired) electrons. The molecule has 1 aromatic heterocycles. The van der Waals surface area contributed by atoms with Gasteiger partial charge in [-0.05, 0) is 38.5 Å². The highest BCUT2D eigenvalue weighted by atomic mass is 19.1. The lowest BCUT2D eigenvalue weighted by atomic mass is 10.1. The topological polar surface area (TPSA) is 68.1 Å². The van der Waals surface area contributed by atoms with E-state index in [4.69, 9.17) is 0 Å². The standard InChI is InChI=1S/C15H16FN3O2/c1-9-4-5-13(12(16)6-9)18-8-14-11(3)15(19(20)21)10(2)7-17-14/h4-7,18H,8H2,1-3H3. The lowest BCUT2D eigenvalue weighted by Gasteiger charge is -2.10. The molecule has 0 aliphatic rings. The van der Waals surface area contributed by atoms with Crippen molar-refractivity contribution in [2.75, 3.05) is 5.32 Å². The summed E-state index contributed by atoms with van der Waals surface area (Å²) in [6, 6.07) is 4.87. The first kappa shape index (κ1) is 14.9. The Hall–Kier alpha value is -2.50. The van der Waals surface area contributed by atoms with E-state index in [2.05, 4.69) is 10.3 Å². The molecule has 0 fully saturated rings. The molecule has 0 aliphatic heterocycles. The quantitative estimate of drug-likeness (QED) is 0.689. The first-order chi connectivity index (χ1) is 9.90. The van der Waals surface area contributed by atoms with E-state index in [1.54, 1.807) is 26.0 Å². The van der Waals surface area contributed by atoms with Crippen molar-refractivity contribution in [3.8, 4) is 0 Å². The summed E-state index contributed by atoms with van der Waals surface area (Å²) in [7, 11) is 0. The van der Waals surface area contributed by atoms with E-state index >= 15 is 0 Å². The van der Waals surface area contributed by atoms with E-state index in [1.807, 2.05) is 6.92 Å². The molecule has 0 amide bonds. The van der Waals surface area contributed by atoms with E-state index in [-0.39, 0.29) is 18.0 Å². The number of nitrogens with one attached hydrogen (secondary N) is 1. The van der Waals surface area contributed by atoms with Crippen molar-refractivity contribution < 1.29 is 9.31 Å². The number of anilines is 1. The van der Waals surface area contributed by atoms with Gasteiger partial charge < -0.3 is 5.32 Å². The summed E-state index contributed by atoms with van der Waals surface area (Å²) >= 11 is 0. The molecule has 1 heterocycles. The van der Waals surface area contributed by atoms with Crippen LogP contribution in [0.15, 0.2) is 24.4 Å². The average Bonchev–Trinajstić information content (AvgIpc) is 2.39. The minimum absolute atomic E-state index is 0.0613. The normalized spacial score (nSPS) is 10.5. The van der Waals surface area contributed by atoms with Crippen LogP contribution >= 0.6 is 0 Å². The second kappa shape index (κ2) is 5.87. The van der Waals surface area contributed by atoms with Crippen LogP contribution in [0.2, 0.25) is 0 Å². The molecule has 0 saturated carbocycles. The Morgan fingerprint density at radius 1 is 1.33 bits per heavy atom. The third-order valence-electron chi connectivity index (χ3n) is 3.33. The second-order valence-corrected chi connectivity index (χ2v) is 4.96. The summed E-state index contributed by atoms with van der Waals surface area (Å²) in [6.07, 6.45) is 1.47. The molecule has 21 heavy (non-hydrogen) atoms. The fourth-order valence-electron chi connectivity index (χ4n) is 2.17. The van der Waals surface area contributed by atoms with Crippen LogP contribution in [0, 0.1) is 36.7 Å². The van der Waals surface area contributed by atoms with Gasteiger partial charge in [0.05, 0.1) is 28.4 Å². The SMILES string of the molecule is Cc1ccc(NCc2ncc(C)c([N+](=O)[O-])c2C)c(F)c1. The van der Waals surface area contributed by atoms with Gasteiger partial charge >= 0.3 is 0 Å². The minimum atomic E-state index is -0.414. The molecule has 0 spiro atoms. The van der Waals surface area contributed by atoms with E-state index in [0.717, 1.165) is 5.56 Å².